The molecule has 0 nitrogen and oxygen atoms in total. The van der Waals surface area contributed by atoms with Crippen LogP contribution in [-0.4, -0.2) is 0 Å². The summed E-state index contributed by atoms with van der Waals surface area (Å²) >= 11 is 0. The fourth-order valence-corrected chi connectivity index (χ4v) is 3.11. The maximum absolute atomic E-state index is 3.22. The molecule has 0 spiro atoms. The molecule has 3 aromatic carbocycles. The van der Waals surface area contributed by atoms with Crippen molar-refractivity contribution in [1.29, 1.82) is 0 Å². The summed E-state index contributed by atoms with van der Waals surface area (Å²) in [5, 5.41) is 2.40. The van der Waals surface area contributed by atoms with E-state index in [0.717, 1.165) is 11.1 Å². The SMILES string of the molecule is Cc1ccc(-c2ccc(C#Cc3ccc(P)cc3)cc2)c(P)c1. The Morgan fingerprint density at radius 3 is 1.83 bits per heavy atom. The molecule has 0 aliphatic heterocycles. The van der Waals surface area contributed by atoms with E-state index in [1.807, 2.05) is 12.1 Å². The lowest BCUT2D eigenvalue weighted by Gasteiger charge is -2.07. The van der Waals surface area contributed by atoms with Crippen LogP contribution in [0.25, 0.3) is 11.1 Å². The molecule has 112 valence electrons. The quantitative estimate of drug-likeness (QED) is 0.466. The van der Waals surface area contributed by atoms with Crippen LogP contribution in [0.2, 0.25) is 0 Å². The standard InChI is InChI=1S/C21H18P2/c1-15-2-13-20(21(23)14-15)18-9-5-16(6-10-18)3-4-17-7-11-19(22)12-8-17/h2,5-14H,22-23H2,1H3. The van der Waals surface area contributed by atoms with Crippen molar-refractivity contribution in [2.75, 3.05) is 0 Å². The van der Waals surface area contributed by atoms with Crippen LogP contribution in [0.1, 0.15) is 16.7 Å². The fourth-order valence-electron chi connectivity index (χ4n) is 2.39. The minimum absolute atomic E-state index is 1.03. The number of hydrogen-bond donors (Lipinski definition) is 0. The van der Waals surface area contributed by atoms with Gasteiger partial charge in [-0.3, -0.25) is 0 Å². The van der Waals surface area contributed by atoms with Gasteiger partial charge in [-0.15, -0.1) is 18.5 Å². The summed E-state index contributed by atoms with van der Waals surface area (Å²) in [6.45, 7) is 2.11. The normalized spacial score (nSPS) is 10.0. The van der Waals surface area contributed by atoms with Gasteiger partial charge in [-0.2, -0.15) is 0 Å². The van der Waals surface area contributed by atoms with Crippen LogP contribution in [0.5, 0.6) is 0 Å². The van der Waals surface area contributed by atoms with Gasteiger partial charge in [0, 0.05) is 11.1 Å². The summed E-state index contributed by atoms with van der Waals surface area (Å²) in [4.78, 5) is 0. The maximum atomic E-state index is 3.22. The molecule has 0 radical (unpaired) electrons. The molecule has 0 bridgehead atoms. The third kappa shape index (κ3) is 4.09. The molecule has 0 saturated heterocycles. The van der Waals surface area contributed by atoms with Gasteiger partial charge in [0.1, 0.15) is 0 Å². The van der Waals surface area contributed by atoms with Crippen molar-refractivity contribution in [3.8, 4) is 23.0 Å². The second-order valence-electron chi connectivity index (χ2n) is 5.54. The second-order valence-corrected chi connectivity index (χ2v) is 6.83. The summed E-state index contributed by atoms with van der Waals surface area (Å²) in [5.41, 5.74) is 5.80. The van der Waals surface area contributed by atoms with E-state index in [9.17, 15) is 0 Å². The Bertz CT molecular complexity index is 880. The lowest BCUT2D eigenvalue weighted by molar-refractivity contribution is 1.49. The number of aryl methyl sites for hydroxylation is 1. The molecular weight excluding hydrogens is 314 g/mol. The van der Waals surface area contributed by atoms with Crippen molar-refractivity contribution in [3.05, 3.63) is 83.4 Å². The van der Waals surface area contributed by atoms with Crippen LogP contribution in [0.15, 0.2) is 66.7 Å². The first-order chi connectivity index (χ1) is 11.1. The number of hydrogen-bond acceptors (Lipinski definition) is 0. The van der Waals surface area contributed by atoms with Crippen molar-refractivity contribution in [1.82, 2.24) is 0 Å². The Morgan fingerprint density at radius 1 is 0.696 bits per heavy atom. The van der Waals surface area contributed by atoms with Crippen LogP contribution in [0, 0.1) is 18.8 Å². The van der Waals surface area contributed by atoms with Gasteiger partial charge in [-0.05, 0) is 52.9 Å². The molecule has 23 heavy (non-hydrogen) atoms. The lowest BCUT2D eigenvalue weighted by atomic mass is 10.0. The van der Waals surface area contributed by atoms with Crippen LogP contribution < -0.4 is 10.6 Å². The molecule has 0 amide bonds. The zero-order valence-corrected chi connectivity index (χ0v) is 15.3. The molecule has 0 fully saturated rings. The summed E-state index contributed by atoms with van der Waals surface area (Å²) in [5.74, 6) is 6.42. The van der Waals surface area contributed by atoms with Gasteiger partial charge in [0.05, 0.1) is 0 Å². The first-order valence-corrected chi connectivity index (χ1v) is 8.61. The van der Waals surface area contributed by atoms with E-state index in [0.29, 0.717) is 0 Å². The van der Waals surface area contributed by atoms with E-state index in [4.69, 9.17) is 0 Å². The molecule has 2 unspecified atom stereocenters. The molecule has 0 N–H and O–H groups in total. The Balaban J connectivity index is 1.84. The highest BCUT2D eigenvalue weighted by Gasteiger charge is 2.01. The zero-order chi connectivity index (χ0) is 16.2. The van der Waals surface area contributed by atoms with Gasteiger partial charge in [-0.25, -0.2) is 0 Å². The summed E-state index contributed by atoms with van der Waals surface area (Å²) in [6, 6.07) is 23.1. The Labute approximate surface area is 142 Å². The Morgan fingerprint density at radius 2 is 1.26 bits per heavy atom. The maximum Gasteiger partial charge on any atom is 0.0249 e. The van der Waals surface area contributed by atoms with E-state index < -0.39 is 0 Å². The molecule has 2 atom stereocenters. The zero-order valence-electron chi connectivity index (χ0n) is 13.0. The molecule has 3 rings (SSSR count). The molecule has 0 saturated carbocycles. The van der Waals surface area contributed by atoms with Crippen LogP contribution in [0.3, 0.4) is 0 Å². The van der Waals surface area contributed by atoms with Gasteiger partial charge < -0.3 is 0 Å². The van der Waals surface area contributed by atoms with Crippen LogP contribution in [0.4, 0.5) is 0 Å². The molecule has 0 heterocycles. The van der Waals surface area contributed by atoms with Gasteiger partial charge >= 0.3 is 0 Å². The van der Waals surface area contributed by atoms with E-state index in [2.05, 4.69) is 91.8 Å². The van der Waals surface area contributed by atoms with Crippen molar-refractivity contribution in [2.45, 2.75) is 6.92 Å². The van der Waals surface area contributed by atoms with Crippen molar-refractivity contribution in [3.63, 3.8) is 0 Å². The monoisotopic (exact) mass is 332 g/mol. The third-order valence-electron chi connectivity index (χ3n) is 3.66. The van der Waals surface area contributed by atoms with E-state index >= 15 is 0 Å². The highest BCUT2D eigenvalue weighted by molar-refractivity contribution is 7.28. The van der Waals surface area contributed by atoms with Gasteiger partial charge in [0.25, 0.3) is 0 Å². The Kier molecular flexibility index (Phi) is 4.93. The predicted molar refractivity (Wildman–Crippen MR) is 108 cm³/mol. The predicted octanol–water partition coefficient (Wildman–Crippen LogP) is 4.06. The van der Waals surface area contributed by atoms with Crippen LogP contribution >= 0.6 is 18.5 Å². The van der Waals surface area contributed by atoms with Crippen molar-refractivity contribution < 1.29 is 0 Å². The fraction of sp³-hybridized carbons (Fsp3) is 0.0476. The minimum Gasteiger partial charge on any atom is -0.106 e. The van der Waals surface area contributed by atoms with Crippen LogP contribution in [-0.2, 0) is 0 Å². The smallest absolute Gasteiger partial charge is 0.0249 e. The minimum atomic E-state index is 1.03. The molecule has 3 aromatic rings. The highest BCUT2D eigenvalue weighted by Crippen LogP contribution is 2.20. The van der Waals surface area contributed by atoms with Crippen molar-refractivity contribution in [2.24, 2.45) is 0 Å². The van der Waals surface area contributed by atoms with E-state index in [-0.39, 0.29) is 0 Å². The summed E-state index contributed by atoms with van der Waals surface area (Å²) in [7, 11) is 5.50. The average molecular weight is 332 g/mol. The van der Waals surface area contributed by atoms with Gasteiger partial charge in [0.15, 0.2) is 0 Å². The van der Waals surface area contributed by atoms with E-state index in [1.54, 1.807) is 0 Å². The van der Waals surface area contributed by atoms with Gasteiger partial charge in [-0.1, -0.05) is 59.9 Å². The highest BCUT2D eigenvalue weighted by atomic mass is 31.0. The Hall–Kier alpha value is -1.92. The molecule has 0 aliphatic rings. The first-order valence-electron chi connectivity index (χ1n) is 7.46. The topological polar surface area (TPSA) is 0 Å². The summed E-state index contributed by atoms with van der Waals surface area (Å²) < 4.78 is 0. The third-order valence-corrected chi connectivity index (χ3v) is 4.53. The number of rotatable bonds is 1. The molecular formula is C21H18P2. The second kappa shape index (κ2) is 7.10. The summed E-state index contributed by atoms with van der Waals surface area (Å²) in [6.07, 6.45) is 0. The molecule has 0 aliphatic carbocycles. The largest absolute Gasteiger partial charge is 0.106 e. The molecule has 2 heteroatoms. The molecule has 0 aromatic heterocycles. The van der Waals surface area contributed by atoms with Crippen molar-refractivity contribution >= 4 is 29.1 Å². The number of benzene rings is 3. The van der Waals surface area contributed by atoms with E-state index in [1.165, 1.54) is 27.3 Å². The lowest BCUT2D eigenvalue weighted by Crippen LogP contribution is -1.97. The average Bonchev–Trinajstić information content (AvgIpc) is 2.55. The first kappa shape index (κ1) is 16.0. The van der Waals surface area contributed by atoms with Gasteiger partial charge in [0.2, 0.25) is 0 Å².